The maximum absolute atomic E-state index is 12.4. The molecule has 0 amide bonds. The van der Waals surface area contributed by atoms with Crippen molar-refractivity contribution in [3.05, 3.63) is 24.3 Å². The molecule has 0 spiro atoms. The highest BCUT2D eigenvalue weighted by molar-refractivity contribution is 7.89. The number of nitrogens with zero attached hydrogens (tertiary/aromatic N) is 2. The molecule has 1 aromatic rings. The van der Waals surface area contributed by atoms with Crippen molar-refractivity contribution in [2.24, 2.45) is 5.92 Å². The lowest BCUT2D eigenvalue weighted by molar-refractivity contribution is 0.206. The highest BCUT2D eigenvalue weighted by Crippen LogP contribution is 2.27. The third kappa shape index (κ3) is 3.56. The van der Waals surface area contributed by atoms with E-state index >= 15 is 0 Å². The van der Waals surface area contributed by atoms with Gasteiger partial charge in [0.15, 0.2) is 0 Å². The predicted octanol–water partition coefficient (Wildman–Crippen LogP) is 1.69. The molecule has 1 aromatic carbocycles. The Hall–Kier alpha value is -1.11. The molecular formula is C15H25N3O2S. The summed E-state index contributed by atoms with van der Waals surface area (Å²) in [5.74, 6) is 0.485. The van der Waals surface area contributed by atoms with Crippen LogP contribution in [0.2, 0.25) is 0 Å². The molecule has 6 heteroatoms. The van der Waals surface area contributed by atoms with Gasteiger partial charge in [0.25, 0.3) is 0 Å². The zero-order valence-corrected chi connectivity index (χ0v) is 14.0. The fourth-order valence-electron chi connectivity index (χ4n) is 2.78. The average molecular weight is 311 g/mol. The van der Waals surface area contributed by atoms with Crippen molar-refractivity contribution in [3.63, 3.8) is 0 Å². The van der Waals surface area contributed by atoms with Gasteiger partial charge in [-0.25, -0.2) is 12.7 Å². The fourth-order valence-corrected chi connectivity index (χ4v) is 3.82. The minimum atomic E-state index is -3.43. The highest BCUT2D eigenvalue weighted by atomic mass is 32.2. The lowest BCUT2D eigenvalue weighted by Crippen LogP contribution is -2.43. The summed E-state index contributed by atoms with van der Waals surface area (Å²) in [5, 5.41) is 3.45. The van der Waals surface area contributed by atoms with E-state index in [-0.39, 0.29) is 0 Å². The molecule has 2 unspecified atom stereocenters. The molecule has 1 fully saturated rings. The molecular weight excluding hydrogens is 286 g/mol. The lowest BCUT2D eigenvalue weighted by Gasteiger charge is -2.36. The molecule has 5 nitrogen and oxygen atoms in total. The number of rotatable bonds is 4. The van der Waals surface area contributed by atoms with Gasteiger partial charge in [0.1, 0.15) is 4.90 Å². The molecule has 1 aliphatic rings. The second-order valence-corrected chi connectivity index (χ2v) is 8.18. The Bertz CT molecular complexity index is 586. The van der Waals surface area contributed by atoms with Crippen LogP contribution in [0, 0.1) is 5.92 Å². The second-order valence-electron chi connectivity index (χ2n) is 6.06. The van der Waals surface area contributed by atoms with Gasteiger partial charge < -0.3 is 10.2 Å². The van der Waals surface area contributed by atoms with Crippen LogP contribution >= 0.6 is 0 Å². The van der Waals surface area contributed by atoms with E-state index in [9.17, 15) is 8.42 Å². The number of benzene rings is 1. The van der Waals surface area contributed by atoms with Crippen LogP contribution < -0.4 is 5.32 Å². The van der Waals surface area contributed by atoms with Crippen LogP contribution in [0.3, 0.4) is 0 Å². The molecule has 1 heterocycles. The normalized spacial score (nSPS) is 24.2. The van der Waals surface area contributed by atoms with Crippen LogP contribution in [0.1, 0.15) is 13.3 Å². The van der Waals surface area contributed by atoms with E-state index in [1.54, 1.807) is 26.2 Å². The largest absolute Gasteiger partial charge is 0.381 e. The van der Waals surface area contributed by atoms with Crippen molar-refractivity contribution in [3.8, 4) is 0 Å². The number of hydrogen-bond acceptors (Lipinski definition) is 4. The van der Waals surface area contributed by atoms with Gasteiger partial charge in [0.05, 0.1) is 5.69 Å². The van der Waals surface area contributed by atoms with E-state index in [2.05, 4.69) is 24.2 Å². The van der Waals surface area contributed by atoms with Crippen LogP contribution in [0.25, 0.3) is 0 Å². The summed E-state index contributed by atoms with van der Waals surface area (Å²) in [7, 11) is 1.82. The molecule has 0 saturated carbocycles. The Morgan fingerprint density at radius 3 is 2.57 bits per heavy atom. The van der Waals surface area contributed by atoms with Gasteiger partial charge in [-0.3, -0.25) is 0 Å². The van der Waals surface area contributed by atoms with Crippen LogP contribution in [-0.4, -0.2) is 57.9 Å². The first-order valence-electron chi connectivity index (χ1n) is 7.29. The maximum Gasteiger partial charge on any atom is 0.244 e. The molecule has 21 heavy (non-hydrogen) atoms. The predicted molar refractivity (Wildman–Crippen MR) is 86.0 cm³/mol. The van der Waals surface area contributed by atoms with Gasteiger partial charge in [-0.05, 0) is 38.1 Å². The number of para-hydroxylation sites is 1. The molecule has 1 aliphatic heterocycles. The van der Waals surface area contributed by atoms with Crippen LogP contribution in [0.4, 0.5) is 5.69 Å². The first-order chi connectivity index (χ1) is 9.82. The van der Waals surface area contributed by atoms with Crippen molar-refractivity contribution in [2.45, 2.75) is 24.3 Å². The molecule has 0 radical (unpaired) electrons. The number of likely N-dealkylation sites (tertiary alicyclic amines) is 1. The summed E-state index contributed by atoms with van der Waals surface area (Å²) in [5.41, 5.74) is 0.701. The summed E-state index contributed by atoms with van der Waals surface area (Å²) in [4.78, 5) is 2.66. The van der Waals surface area contributed by atoms with Gasteiger partial charge in [-0.2, -0.15) is 0 Å². The molecule has 1 saturated heterocycles. The maximum atomic E-state index is 12.4. The van der Waals surface area contributed by atoms with E-state index in [0.29, 0.717) is 22.5 Å². The van der Waals surface area contributed by atoms with Crippen molar-refractivity contribution < 1.29 is 8.42 Å². The van der Waals surface area contributed by atoms with Crippen molar-refractivity contribution in [1.29, 1.82) is 0 Å². The van der Waals surface area contributed by atoms with E-state index in [1.807, 2.05) is 12.1 Å². The van der Waals surface area contributed by atoms with Crippen molar-refractivity contribution in [2.75, 3.05) is 39.5 Å². The van der Waals surface area contributed by atoms with Gasteiger partial charge in [0, 0.05) is 26.7 Å². The average Bonchev–Trinajstić information content (AvgIpc) is 2.42. The summed E-state index contributed by atoms with van der Waals surface area (Å²) >= 11 is 0. The third-order valence-electron chi connectivity index (χ3n) is 4.09. The Balaban J connectivity index is 2.26. The summed E-state index contributed by atoms with van der Waals surface area (Å²) in [6, 6.07) is 7.45. The highest BCUT2D eigenvalue weighted by Gasteiger charge is 2.27. The molecule has 118 valence electrons. The Morgan fingerprint density at radius 2 is 1.95 bits per heavy atom. The smallest absolute Gasteiger partial charge is 0.244 e. The first kappa shape index (κ1) is 16.3. The number of anilines is 1. The molecule has 0 bridgehead atoms. The first-order valence-corrected chi connectivity index (χ1v) is 8.73. The zero-order chi connectivity index (χ0) is 15.6. The third-order valence-corrected chi connectivity index (χ3v) is 5.97. The minimum absolute atomic E-state index is 0.305. The standard InChI is InChI=1S/C15H25N3O2S/c1-12-11-18(4)10-9-13(12)16-14-7-5-6-8-15(14)21(19,20)17(2)3/h5-8,12-13,16H,9-11H2,1-4H3. The number of sulfonamides is 1. The van der Waals surface area contributed by atoms with Crippen molar-refractivity contribution in [1.82, 2.24) is 9.21 Å². The molecule has 2 rings (SSSR count). The fraction of sp³-hybridized carbons (Fsp3) is 0.600. The van der Waals surface area contributed by atoms with E-state index in [1.165, 1.54) is 4.31 Å². The quantitative estimate of drug-likeness (QED) is 0.919. The van der Waals surface area contributed by atoms with Gasteiger partial charge in [-0.15, -0.1) is 0 Å². The SMILES string of the molecule is CC1CN(C)CCC1Nc1ccccc1S(=O)(=O)N(C)C. The van der Waals surface area contributed by atoms with Crippen LogP contribution in [0.15, 0.2) is 29.2 Å². The van der Waals surface area contributed by atoms with Gasteiger partial charge in [0.2, 0.25) is 10.0 Å². The molecule has 0 aliphatic carbocycles. The Labute approximate surface area is 128 Å². The van der Waals surface area contributed by atoms with E-state index in [4.69, 9.17) is 0 Å². The molecule has 0 aromatic heterocycles. The summed E-state index contributed by atoms with van der Waals surface area (Å²) < 4.78 is 26.1. The number of piperidine rings is 1. The monoisotopic (exact) mass is 311 g/mol. The zero-order valence-electron chi connectivity index (χ0n) is 13.2. The number of nitrogens with one attached hydrogen (secondary N) is 1. The van der Waals surface area contributed by atoms with E-state index < -0.39 is 10.0 Å². The van der Waals surface area contributed by atoms with Crippen LogP contribution in [-0.2, 0) is 10.0 Å². The minimum Gasteiger partial charge on any atom is -0.381 e. The topological polar surface area (TPSA) is 52.7 Å². The summed E-state index contributed by atoms with van der Waals surface area (Å²) in [6.07, 6.45) is 1.02. The van der Waals surface area contributed by atoms with Gasteiger partial charge in [-0.1, -0.05) is 19.1 Å². The number of hydrogen-bond donors (Lipinski definition) is 1. The van der Waals surface area contributed by atoms with Gasteiger partial charge >= 0.3 is 0 Å². The van der Waals surface area contributed by atoms with Crippen molar-refractivity contribution >= 4 is 15.7 Å². The van der Waals surface area contributed by atoms with Crippen LogP contribution in [0.5, 0.6) is 0 Å². The second kappa shape index (κ2) is 6.34. The molecule has 2 atom stereocenters. The Kier molecular flexibility index (Phi) is 4.91. The summed E-state index contributed by atoms with van der Waals surface area (Å²) in [6.45, 7) is 4.27. The Morgan fingerprint density at radius 1 is 1.29 bits per heavy atom. The lowest BCUT2D eigenvalue weighted by atomic mass is 9.94. The van der Waals surface area contributed by atoms with E-state index in [0.717, 1.165) is 19.5 Å². The molecule has 1 N–H and O–H groups in total.